The van der Waals surface area contributed by atoms with Crippen LogP contribution in [0.25, 0.3) is 0 Å². The van der Waals surface area contributed by atoms with Crippen LogP contribution in [-0.4, -0.2) is 12.2 Å². The molecule has 4 heteroatoms. The van der Waals surface area contributed by atoms with Gasteiger partial charge in [0.15, 0.2) is 0 Å². The van der Waals surface area contributed by atoms with Gasteiger partial charge in [-0.25, -0.2) is 0 Å². The summed E-state index contributed by atoms with van der Waals surface area (Å²) in [4.78, 5) is 0. The molecule has 2 nitrogen and oxygen atoms in total. The van der Waals surface area contributed by atoms with Crippen LogP contribution in [0.5, 0.6) is 0 Å². The number of rotatable bonds is 0. The molecule has 0 saturated heterocycles. The molecule has 1 aromatic rings. The number of aliphatic hydroxyl groups is 1. The van der Waals surface area contributed by atoms with E-state index in [0.29, 0.717) is 0 Å². The molecule has 0 aliphatic rings. The molecule has 0 saturated carbocycles. The third kappa shape index (κ3) is 12.0. The number of hydrogen-bond donors (Lipinski definition) is 1. The fraction of sp³-hybridized carbons (Fsp3) is 0.200. The zero-order valence-corrected chi connectivity index (χ0v) is 9.13. The molecule has 1 rings (SSSR count). The van der Waals surface area contributed by atoms with E-state index < -0.39 is 0 Å². The maximum Gasteiger partial charge on any atom is 1.00 e. The second-order valence-electron chi connectivity index (χ2n) is 0.793. The van der Waals surface area contributed by atoms with E-state index >= 15 is 0 Å². The molecule has 0 amide bonds. The van der Waals surface area contributed by atoms with Crippen LogP contribution in [-0.2, 0) is 0 Å². The molecule has 0 unspecified atom stereocenters. The van der Waals surface area contributed by atoms with Gasteiger partial charge in [0, 0.05) is 7.11 Å². The minimum atomic E-state index is 0. The smallest absolute Gasteiger partial charge is 1.00 e. The van der Waals surface area contributed by atoms with Crippen LogP contribution < -0.4 is 46.5 Å². The maximum absolute atomic E-state index is 7.00. The molecule has 0 fully saturated rings. The van der Waals surface area contributed by atoms with E-state index in [9.17, 15) is 0 Å². The molecule has 1 heterocycles. The topological polar surface area (TPSA) is 33.4 Å². The largest absolute Gasteiger partial charge is 1.00 e. The molecule has 0 aliphatic heterocycles. The van der Waals surface area contributed by atoms with E-state index in [1.54, 1.807) is 12.5 Å². The van der Waals surface area contributed by atoms with Crippen molar-refractivity contribution in [2.45, 2.75) is 0 Å². The summed E-state index contributed by atoms with van der Waals surface area (Å²) in [5, 5.41) is 7.00. The standard InChI is InChI=1S/C4H4O.CH4O.BrH.Na/c1-2-4-5-3-1;1-2;;/h1-4H;2H,1H3;1H;/q;;;+1/p-1. The summed E-state index contributed by atoms with van der Waals surface area (Å²) in [5.74, 6) is 0. The first kappa shape index (κ1) is 16.4. The molecule has 0 spiro atoms. The van der Waals surface area contributed by atoms with Crippen molar-refractivity contribution in [2.75, 3.05) is 7.11 Å². The van der Waals surface area contributed by atoms with Crippen molar-refractivity contribution in [1.29, 1.82) is 0 Å². The Morgan fingerprint density at radius 2 is 1.44 bits per heavy atom. The zero-order chi connectivity index (χ0) is 5.54. The van der Waals surface area contributed by atoms with E-state index in [1.165, 1.54) is 0 Å². The first-order valence-corrected chi connectivity index (χ1v) is 1.92. The third-order valence-electron chi connectivity index (χ3n) is 0.425. The van der Waals surface area contributed by atoms with Gasteiger partial charge in [0.25, 0.3) is 0 Å². The Balaban J connectivity index is -0.0000000836. The van der Waals surface area contributed by atoms with Gasteiger partial charge in [-0.05, 0) is 12.1 Å². The molecule has 48 valence electrons. The second kappa shape index (κ2) is 15.9. The van der Waals surface area contributed by atoms with Crippen LogP contribution in [0.1, 0.15) is 0 Å². The Morgan fingerprint density at radius 3 is 1.56 bits per heavy atom. The van der Waals surface area contributed by atoms with Gasteiger partial charge < -0.3 is 26.5 Å². The predicted molar refractivity (Wildman–Crippen MR) is 26.9 cm³/mol. The van der Waals surface area contributed by atoms with Crippen LogP contribution in [0.3, 0.4) is 0 Å². The molecule has 1 N–H and O–H groups in total. The third-order valence-corrected chi connectivity index (χ3v) is 0.425. The average molecular weight is 203 g/mol. The quantitative estimate of drug-likeness (QED) is 0.428. The van der Waals surface area contributed by atoms with Gasteiger partial charge in [0.05, 0.1) is 12.5 Å². The minimum Gasteiger partial charge on any atom is -1.00 e. The molecule has 0 atom stereocenters. The van der Waals surface area contributed by atoms with Gasteiger partial charge in [0.1, 0.15) is 0 Å². The van der Waals surface area contributed by atoms with Crippen LogP contribution in [0.4, 0.5) is 0 Å². The Morgan fingerprint density at radius 1 is 1.11 bits per heavy atom. The SMILES string of the molecule is CO.[Br-].[Na+].c1ccoc1. The van der Waals surface area contributed by atoms with E-state index in [2.05, 4.69) is 4.42 Å². The number of halogens is 1. The van der Waals surface area contributed by atoms with Crippen molar-refractivity contribution in [2.24, 2.45) is 0 Å². The molecule has 0 aromatic carbocycles. The summed E-state index contributed by atoms with van der Waals surface area (Å²) in [6.07, 6.45) is 3.25. The molecular formula is C5H8BrNaO2. The van der Waals surface area contributed by atoms with Crippen molar-refractivity contribution in [3.05, 3.63) is 24.7 Å². The Kier molecular flexibility index (Phi) is 28.9. The summed E-state index contributed by atoms with van der Waals surface area (Å²) in [6.45, 7) is 0. The summed E-state index contributed by atoms with van der Waals surface area (Å²) in [5.41, 5.74) is 0. The fourth-order valence-electron chi connectivity index (χ4n) is 0.227. The summed E-state index contributed by atoms with van der Waals surface area (Å²) < 4.78 is 4.58. The Labute approximate surface area is 87.3 Å². The van der Waals surface area contributed by atoms with Crippen molar-refractivity contribution >= 4 is 0 Å². The molecule has 0 bridgehead atoms. The monoisotopic (exact) mass is 202 g/mol. The summed E-state index contributed by atoms with van der Waals surface area (Å²) >= 11 is 0. The molecular weight excluding hydrogens is 195 g/mol. The molecule has 9 heavy (non-hydrogen) atoms. The van der Waals surface area contributed by atoms with E-state index in [4.69, 9.17) is 5.11 Å². The Bertz CT molecular complexity index is 71.4. The molecule has 0 aliphatic carbocycles. The first-order valence-electron chi connectivity index (χ1n) is 1.92. The normalized spacial score (nSPS) is 5.11. The van der Waals surface area contributed by atoms with E-state index in [-0.39, 0.29) is 46.5 Å². The van der Waals surface area contributed by atoms with Crippen LogP contribution in [0, 0.1) is 0 Å². The van der Waals surface area contributed by atoms with Gasteiger partial charge in [-0.2, -0.15) is 0 Å². The zero-order valence-electron chi connectivity index (χ0n) is 5.54. The summed E-state index contributed by atoms with van der Waals surface area (Å²) in [6, 6.07) is 3.67. The number of hydrogen-bond acceptors (Lipinski definition) is 2. The van der Waals surface area contributed by atoms with Gasteiger partial charge in [0.2, 0.25) is 0 Å². The van der Waals surface area contributed by atoms with Crippen LogP contribution >= 0.6 is 0 Å². The first-order chi connectivity index (χ1) is 3.50. The second-order valence-corrected chi connectivity index (χ2v) is 0.793. The number of aliphatic hydroxyl groups excluding tert-OH is 1. The van der Waals surface area contributed by atoms with Gasteiger partial charge in [-0.3, -0.25) is 0 Å². The fourth-order valence-corrected chi connectivity index (χ4v) is 0.227. The van der Waals surface area contributed by atoms with Crippen molar-refractivity contribution in [3.8, 4) is 0 Å². The predicted octanol–water partition coefficient (Wildman–Crippen LogP) is -5.10. The van der Waals surface area contributed by atoms with Gasteiger partial charge in [-0.15, -0.1) is 0 Å². The average Bonchev–Trinajstić information content (AvgIpc) is 2.23. The van der Waals surface area contributed by atoms with Crippen LogP contribution in [0.2, 0.25) is 0 Å². The van der Waals surface area contributed by atoms with E-state index in [1.807, 2.05) is 12.1 Å². The molecule has 0 radical (unpaired) electrons. The minimum absolute atomic E-state index is 0. The Hall–Kier alpha value is 0.720. The summed E-state index contributed by atoms with van der Waals surface area (Å²) in [7, 11) is 1.00. The van der Waals surface area contributed by atoms with Gasteiger partial charge in [-0.1, -0.05) is 0 Å². The van der Waals surface area contributed by atoms with Crippen molar-refractivity contribution < 1.29 is 56.1 Å². The van der Waals surface area contributed by atoms with Crippen molar-refractivity contribution in [3.63, 3.8) is 0 Å². The molecule has 1 aromatic heterocycles. The van der Waals surface area contributed by atoms with Gasteiger partial charge >= 0.3 is 29.6 Å². The van der Waals surface area contributed by atoms with E-state index in [0.717, 1.165) is 7.11 Å². The number of furan rings is 1. The van der Waals surface area contributed by atoms with Crippen molar-refractivity contribution in [1.82, 2.24) is 0 Å². The van der Waals surface area contributed by atoms with Crippen LogP contribution in [0.15, 0.2) is 29.1 Å². The maximum atomic E-state index is 7.00.